The highest BCUT2D eigenvalue weighted by Crippen LogP contribution is 2.54. The minimum atomic E-state index is -3.49. The topological polar surface area (TPSA) is 71.1 Å². The first-order chi connectivity index (χ1) is 16.5. The fourth-order valence-corrected chi connectivity index (χ4v) is 6.80. The minimum Gasteiger partial charge on any atom is -0.329 e. The monoisotopic (exact) mass is 502 g/mol. The van der Waals surface area contributed by atoms with Gasteiger partial charge in [0.25, 0.3) is 0 Å². The van der Waals surface area contributed by atoms with Crippen molar-refractivity contribution in [1.82, 2.24) is 0 Å². The number of carbonyl (C=O) groups excluding carboxylic acids is 1. The first kappa shape index (κ1) is 26.7. The van der Waals surface area contributed by atoms with E-state index in [9.17, 15) is 9.36 Å². The molecule has 8 heteroatoms. The van der Waals surface area contributed by atoms with Gasteiger partial charge in [-0.2, -0.15) is 0 Å². The van der Waals surface area contributed by atoms with E-state index in [-0.39, 0.29) is 24.9 Å². The van der Waals surface area contributed by atoms with Gasteiger partial charge >= 0.3 is 7.60 Å². The molecule has 0 amide bonds. The van der Waals surface area contributed by atoms with Crippen LogP contribution in [0.4, 0.5) is 0 Å². The van der Waals surface area contributed by atoms with Crippen LogP contribution >= 0.6 is 16.0 Å². The molecule has 0 radical (unpaired) electrons. The Morgan fingerprint density at radius 3 is 1.91 bits per heavy atom. The lowest BCUT2D eigenvalue weighted by Crippen LogP contribution is -2.09. The molecule has 0 aromatic heterocycles. The number of hydrogen-bond donors (Lipinski definition) is 0. The maximum Gasteiger partial charge on any atom is 0.335 e. The third-order valence-electron chi connectivity index (χ3n) is 5.13. The Morgan fingerprint density at radius 2 is 1.35 bits per heavy atom. The fourth-order valence-electron chi connectivity index (χ4n) is 3.86. The SMILES string of the molecule is CCOP(OCC)C(=O)c1cc(-c2ccccc2)c2ccccc2c1CP(=O)(OCC)OCC. The fraction of sp³-hybridized carbons (Fsp3) is 0.346. The summed E-state index contributed by atoms with van der Waals surface area (Å²) in [5.41, 5.74) is 2.68. The second kappa shape index (κ2) is 12.7. The first-order valence-corrected chi connectivity index (χ1v) is 14.5. The van der Waals surface area contributed by atoms with Crippen LogP contribution in [0, 0.1) is 0 Å². The van der Waals surface area contributed by atoms with E-state index in [1.165, 1.54) is 0 Å². The summed E-state index contributed by atoms with van der Waals surface area (Å²) < 4.78 is 36.1. The highest BCUT2D eigenvalue weighted by molar-refractivity contribution is 7.67. The highest BCUT2D eigenvalue weighted by atomic mass is 31.2. The van der Waals surface area contributed by atoms with Crippen molar-refractivity contribution in [3.05, 3.63) is 71.8 Å². The minimum absolute atomic E-state index is 0.0211. The van der Waals surface area contributed by atoms with E-state index in [2.05, 4.69) is 0 Å². The number of hydrogen-bond acceptors (Lipinski definition) is 6. The summed E-state index contributed by atoms with van der Waals surface area (Å²) in [4.78, 5) is 13.8. The molecule has 0 fully saturated rings. The van der Waals surface area contributed by atoms with Crippen LogP contribution in [0.25, 0.3) is 21.9 Å². The van der Waals surface area contributed by atoms with Crippen molar-refractivity contribution < 1.29 is 27.5 Å². The Morgan fingerprint density at radius 1 is 0.794 bits per heavy atom. The normalized spacial score (nSPS) is 11.9. The molecule has 0 saturated carbocycles. The van der Waals surface area contributed by atoms with Crippen molar-refractivity contribution in [3.63, 3.8) is 0 Å². The van der Waals surface area contributed by atoms with Crippen molar-refractivity contribution in [2.45, 2.75) is 33.9 Å². The Hall–Kier alpha value is -1.91. The predicted octanol–water partition coefficient (Wildman–Crippen LogP) is 7.80. The molecule has 0 aliphatic carbocycles. The first-order valence-electron chi connectivity index (χ1n) is 11.6. The second-order valence-corrected chi connectivity index (χ2v) is 10.9. The standard InChI is InChI=1S/C26H32O6P2/c1-5-29-33(30-6-2)26(27)24-18-23(20-14-10-9-11-15-20)21-16-12-13-17-22(21)25(24)19-34(28,31-7-3)32-8-4/h9-18H,5-8,19H2,1-4H3. The number of rotatable bonds is 13. The van der Waals surface area contributed by atoms with Crippen LogP contribution in [0.1, 0.15) is 43.6 Å². The summed E-state index contributed by atoms with van der Waals surface area (Å²) >= 11 is 0. The van der Waals surface area contributed by atoms with Gasteiger partial charge in [0.05, 0.1) is 32.6 Å². The smallest absolute Gasteiger partial charge is 0.329 e. The Kier molecular flexibility index (Phi) is 9.97. The van der Waals surface area contributed by atoms with Crippen molar-refractivity contribution in [3.8, 4) is 11.1 Å². The lowest BCUT2D eigenvalue weighted by molar-refractivity contribution is 0.103. The van der Waals surface area contributed by atoms with Crippen molar-refractivity contribution >= 4 is 32.3 Å². The molecule has 0 heterocycles. The van der Waals surface area contributed by atoms with Crippen LogP contribution in [-0.2, 0) is 28.8 Å². The largest absolute Gasteiger partial charge is 0.335 e. The molecule has 0 bridgehead atoms. The molecule has 182 valence electrons. The Bertz CT molecular complexity index is 1130. The van der Waals surface area contributed by atoms with Gasteiger partial charge in [-0.1, -0.05) is 54.6 Å². The number of fused-ring (bicyclic) bond motifs is 1. The van der Waals surface area contributed by atoms with Crippen LogP contribution in [0.2, 0.25) is 0 Å². The lowest BCUT2D eigenvalue weighted by Gasteiger charge is -2.23. The summed E-state index contributed by atoms with van der Waals surface area (Å²) in [6, 6.07) is 19.6. The third-order valence-corrected chi connectivity index (χ3v) is 8.70. The summed E-state index contributed by atoms with van der Waals surface area (Å²) in [7, 11) is -5.31. The van der Waals surface area contributed by atoms with E-state index >= 15 is 0 Å². The maximum atomic E-state index is 13.8. The zero-order chi connectivity index (χ0) is 24.6. The van der Waals surface area contributed by atoms with E-state index < -0.39 is 16.0 Å². The van der Waals surface area contributed by atoms with E-state index in [0.717, 1.165) is 21.9 Å². The molecule has 3 aromatic rings. The van der Waals surface area contributed by atoms with Crippen LogP contribution in [0.15, 0.2) is 60.7 Å². The Labute approximate surface area is 203 Å². The lowest BCUT2D eigenvalue weighted by atomic mass is 9.92. The molecule has 0 aliphatic rings. The van der Waals surface area contributed by atoms with E-state index in [1.807, 2.05) is 74.5 Å². The maximum absolute atomic E-state index is 13.8. The highest BCUT2D eigenvalue weighted by Gasteiger charge is 2.32. The van der Waals surface area contributed by atoms with Crippen LogP contribution in [-0.4, -0.2) is 32.0 Å². The molecule has 0 atom stereocenters. The number of carbonyl (C=O) groups is 1. The molecule has 6 nitrogen and oxygen atoms in total. The molecule has 0 unspecified atom stereocenters. The van der Waals surface area contributed by atoms with Gasteiger partial charge in [-0.25, -0.2) is 0 Å². The summed E-state index contributed by atoms with van der Waals surface area (Å²) in [5, 5.41) is 1.78. The van der Waals surface area contributed by atoms with E-state index in [4.69, 9.17) is 18.1 Å². The molecule has 0 N–H and O–H groups in total. The van der Waals surface area contributed by atoms with Gasteiger partial charge in [0.2, 0.25) is 13.9 Å². The van der Waals surface area contributed by atoms with Crippen LogP contribution in [0.5, 0.6) is 0 Å². The molecule has 34 heavy (non-hydrogen) atoms. The quantitative estimate of drug-likeness (QED) is 0.222. The van der Waals surface area contributed by atoms with Gasteiger partial charge in [-0.05, 0) is 61.2 Å². The van der Waals surface area contributed by atoms with Crippen LogP contribution in [0.3, 0.4) is 0 Å². The third kappa shape index (κ3) is 6.20. The van der Waals surface area contributed by atoms with Crippen molar-refractivity contribution in [2.75, 3.05) is 26.4 Å². The summed E-state index contributed by atoms with van der Waals surface area (Å²) in [6.45, 7) is 8.39. The van der Waals surface area contributed by atoms with Crippen molar-refractivity contribution in [1.29, 1.82) is 0 Å². The average molecular weight is 502 g/mol. The van der Waals surface area contributed by atoms with Crippen molar-refractivity contribution in [2.24, 2.45) is 0 Å². The van der Waals surface area contributed by atoms with Crippen LogP contribution < -0.4 is 0 Å². The molecule has 3 aromatic carbocycles. The zero-order valence-electron chi connectivity index (χ0n) is 20.2. The number of benzene rings is 3. The molecular formula is C26H32O6P2. The molecule has 3 rings (SSSR count). The van der Waals surface area contributed by atoms with E-state index in [1.54, 1.807) is 13.8 Å². The molecule has 0 aliphatic heterocycles. The van der Waals surface area contributed by atoms with Gasteiger partial charge in [0.15, 0.2) is 0 Å². The Balaban J connectivity index is 2.30. The molecular weight excluding hydrogens is 470 g/mol. The molecule has 0 spiro atoms. The summed E-state index contributed by atoms with van der Waals surface area (Å²) in [6.07, 6.45) is -0.0211. The molecule has 0 saturated heterocycles. The van der Waals surface area contributed by atoms with Gasteiger partial charge in [-0.3, -0.25) is 9.36 Å². The van der Waals surface area contributed by atoms with Gasteiger partial charge in [-0.15, -0.1) is 0 Å². The van der Waals surface area contributed by atoms with E-state index in [0.29, 0.717) is 24.3 Å². The second-order valence-electron chi connectivity index (χ2n) is 7.36. The van der Waals surface area contributed by atoms with Gasteiger partial charge in [0.1, 0.15) is 0 Å². The predicted molar refractivity (Wildman–Crippen MR) is 138 cm³/mol. The van der Waals surface area contributed by atoms with Gasteiger partial charge in [0, 0.05) is 5.56 Å². The van der Waals surface area contributed by atoms with Gasteiger partial charge < -0.3 is 18.1 Å². The zero-order valence-corrected chi connectivity index (χ0v) is 21.9. The summed E-state index contributed by atoms with van der Waals surface area (Å²) in [5.74, 6) is 0. The average Bonchev–Trinajstić information content (AvgIpc) is 2.84.